The lowest BCUT2D eigenvalue weighted by molar-refractivity contribution is -0.127. The van der Waals surface area contributed by atoms with Gasteiger partial charge < -0.3 is 5.32 Å². The van der Waals surface area contributed by atoms with Gasteiger partial charge in [0, 0.05) is 13.1 Å². The van der Waals surface area contributed by atoms with Gasteiger partial charge in [-0.05, 0) is 71.3 Å². The smallest absolute Gasteiger partial charge is 0.252 e. The highest BCUT2D eigenvalue weighted by molar-refractivity contribution is 9.11. The molecule has 1 aromatic carbocycles. The van der Waals surface area contributed by atoms with E-state index in [1.807, 2.05) is 12.1 Å². The molecule has 4 rings (SSSR count). The van der Waals surface area contributed by atoms with Gasteiger partial charge in [0.1, 0.15) is 4.21 Å². The minimum absolute atomic E-state index is 0.0256. The molecule has 1 aliphatic heterocycles. The molecule has 1 fully saturated rings. The van der Waals surface area contributed by atoms with E-state index >= 15 is 0 Å². The fraction of sp³-hybridized carbons (Fsp3) is 0.450. The number of thiophene rings is 1. The average molecular weight is 483 g/mol. The molecular weight excluding hydrogens is 460 g/mol. The Morgan fingerprint density at radius 2 is 1.96 bits per heavy atom. The summed E-state index contributed by atoms with van der Waals surface area (Å²) in [6.07, 6.45) is 4.46. The number of piperidine rings is 1. The van der Waals surface area contributed by atoms with Crippen molar-refractivity contribution in [1.82, 2.24) is 9.62 Å². The minimum atomic E-state index is -3.55. The fourth-order valence-electron chi connectivity index (χ4n) is 4.13. The molecule has 0 bridgehead atoms. The number of hydrogen-bond acceptors (Lipinski definition) is 4. The van der Waals surface area contributed by atoms with Crippen LogP contribution in [0.4, 0.5) is 0 Å². The predicted octanol–water partition coefficient (Wildman–Crippen LogP) is 4.11. The summed E-state index contributed by atoms with van der Waals surface area (Å²) in [5, 5.41) is 3.20. The Kier molecular flexibility index (Phi) is 5.92. The predicted molar refractivity (Wildman–Crippen MR) is 114 cm³/mol. The lowest BCUT2D eigenvalue weighted by Crippen LogP contribution is -2.46. The summed E-state index contributed by atoms with van der Waals surface area (Å²) in [7, 11) is -3.55. The Morgan fingerprint density at radius 3 is 2.75 bits per heavy atom. The molecule has 0 unspecified atom stereocenters. The first-order valence-corrected chi connectivity index (χ1v) is 12.6. The molecule has 2 heterocycles. The van der Waals surface area contributed by atoms with Crippen LogP contribution in [0.5, 0.6) is 0 Å². The molecule has 1 aromatic heterocycles. The van der Waals surface area contributed by atoms with Crippen molar-refractivity contribution in [3.8, 4) is 0 Å². The quantitative estimate of drug-likeness (QED) is 0.712. The number of amides is 1. The fourth-order valence-corrected chi connectivity index (χ4v) is 7.82. The number of hydrogen-bond donors (Lipinski definition) is 1. The maximum atomic E-state index is 13.0. The van der Waals surface area contributed by atoms with E-state index < -0.39 is 10.0 Å². The molecule has 28 heavy (non-hydrogen) atoms. The Bertz CT molecular complexity index is 973. The van der Waals surface area contributed by atoms with Crippen LogP contribution in [0.1, 0.15) is 42.9 Å². The number of nitrogens with zero attached hydrogens (tertiary/aromatic N) is 1. The molecule has 1 amide bonds. The zero-order valence-electron chi connectivity index (χ0n) is 15.4. The van der Waals surface area contributed by atoms with E-state index in [0.29, 0.717) is 17.2 Å². The van der Waals surface area contributed by atoms with E-state index in [1.54, 1.807) is 12.1 Å². The summed E-state index contributed by atoms with van der Waals surface area (Å²) in [4.78, 5) is 13.0. The summed E-state index contributed by atoms with van der Waals surface area (Å²) < 4.78 is 28.4. The van der Waals surface area contributed by atoms with Gasteiger partial charge in [0.2, 0.25) is 5.91 Å². The first-order chi connectivity index (χ1) is 13.4. The van der Waals surface area contributed by atoms with Gasteiger partial charge in [-0.25, -0.2) is 8.42 Å². The van der Waals surface area contributed by atoms with E-state index in [4.69, 9.17) is 0 Å². The normalized spacial score (nSPS) is 23.2. The Labute approximate surface area is 178 Å². The minimum Gasteiger partial charge on any atom is -0.349 e. The Hall–Kier alpha value is -1.22. The SMILES string of the molecule is O=C(N[C@H]1CCCc2ccccc21)[C@H]1CCCN(S(=O)(=O)c2ccc(Br)s2)C1. The van der Waals surface area contributed by atoms with Gasteiger partial charge in [0.05, 0.1) is 15.7 Å². The first kappa shape index (κ1) is 20.1. The highest BCUT2D eigenvalue weighted by Gasteiger charge is 2.35. The zero-order valence-corrected chi connectivity index (χ0v) is 18.7. The lowest BCUT2D eigenvalue weighted by Gasteiger charge is -2.33. The maximum absolute atomic E-state index is 13.0. The van der Waals surface area contributed by atoms with Crippen molar-refractivity contribution in [2.24, 2.45) is 5.92 Å². The van der Waals surface area contributed by atoms with Gasteiger partial charge >= 0.3 is 0 Å². The van der Waals surface area contributed by atoms with Crippen LogP contribution in [0, 0.1) is 5.92 Å². The highest BCUT2D eigenvalue weighted by atomic mass is 79.9. The van der Waals surface area contributed by atoms with Crippen LogP contribution in [0.15, 0.2) is 44.4 Å². The van der Waals surface area contributed by atoms with E-state index in [1.165, 1.54) is 26.8 Å². The summed E-state index contributed by atoms with van der Waals surface area (Å²) in [6.45, 7) is 0.714. The van der Waals surface area contributed by atoms with Crippen molar-refractivity contribution in [2.45, 2.75) is 42.4 Å². The van der Waals surface area contributed by atoms with Crippen molar-refractivity contribution < 1.29 is 13.2 Å². The number of sulfonamides is 1. The number of halogens is 1. The standard InChI is InChI=1S/C20H23BrN2O3S2/c21-18-10-11-19(27-18)28(25,26)23-12-4-7-15(13-23)20(24)22-17-9-3-6-14-5-1-2-8-16(14)17/h1-2,5,8,10-11,15,17H,3-4,6-7,9,12-13H2,(H,22,24)/t15-,17-/m0/s1. The summed E-state index contributed by atoms with van der Waals surface area (Å²) >= 11 is 4.53. The molecule has 0 saturated carbocycles. The van der Waals surface area contributed by atoms with Crippen molar-refractivity contribution in [1.29, 1.82) is 0 Å². The molecule has 2 aliphatic rings. The zero-order chi connectivity index (χ0) is 19.7. The summed E-state index contributed by atoms with van der Waals surface area (Å²) in [5.74, 6) is -0.338. The van der Waals surface area contributed by atoms with Gasteiger partial charge in [-0.1, -0.05) is 24.3 Å². The van der Waals surface area contributed by atoms with Crippen LogP contribution in [0.25, 0.3) is 0 Å². The van der Waals surface area contributed by atoms with E-state index in [9.17, 15) is 13.2 Å². The van der Waals surface area contributed by atoms with Crippen molar-refractivity contribution in [2.75, 3.05) is 13.1 Å². The van der Waals surface area contributed by atoms with Crippen molar-refractivity contribution in [3.63, 3.8) is 0 Å². The molecule has 5 nitrogen and oxygen atoms in total. The van der Waals surface area contributed by atoms with Crippen LogP contribution in [-0.2, 0) is 21.2 Å². The lowest BCUT2D eigenvalue weighted by atomic mass is 9.87. The number of aryl methyl sites for hydroxylation is 1. The molecule has 8 heteroatoms. The molecule has 0 spiro atoms. The van der Waals surface area contributed by atoms with Gasteiger partial charge in [0.15, 0.2) is 0 Å². The molecule has 2 aromatic rings. The van der Waals surface area contributed by atoms with Crippen LogP contribution in [0.2, 0.25) is 0 Å². The molecule has 1 aliphatic carbocycles. The van der Waals surface area contributed by atoms with Crippen LogP contribution >= 0.6 is 27.3 Å². The Morgan fingerprint density at radius 1 is 1.14 bits per heavy atom. The third-order valence-electron chi connectivity index (χ3n) is 5.58. The van der Waals surface area contributed by atoms with Gasteiger partial charge in [0.25, 0.3) is 10.0 Å². The van der Waals surface area contributed by atoms with E-state index in [0.717, 1.165) is 29.5 Å². The highest BCUT2D eigenvalue weighted by Crippen LogP contribution is 2.32. The summed E-state index contributed by atoms with van der Waals surface area (Å²) in [6, 6.07) is 11.7. The van der Waals surface area contributed by atoms with Gasteiger partial charge in [-0.3, -0.25) is 4.79 Å². The number of carbonyl (C=O) groups excluding carboxylic acids is 1. The van der Waals surface area contributed by atoms with Crippen LogP contribution in [0.3, 0.4) is 0 Å². The van der Waals surface area contributed by atoms with Crippen LogP contribution in [-0.4, -0.2) is 31.7 Å². The first-order valence-electron chi connectivity index (χ1n) is 9.59. The maximum Gasteiger partial charge on any atom is 0.252 e. The van der Waals surface area contributed by atoms with E-state index in [2.05, 4.69) is 33.4 Å². The Balaban J connectivity index is 1.46. The average Bonchev–Trinajstić information content (AvgIpc) is 3.15. The third-order valence-corrected chi connectivity index (χ3v) is 9.54. The topological polar surface area (TPSA) is 66.5 Å². The van der Waals surface area contributed by atoms with Gasteiger partial charge in [-0.2, -0.15) is 4.31 Å². The van der Waals surface area contributed by atoms with E-state index in [-0.39, 0.29) is 24.4 Å². The molecule has 2 atom stereocenters. The van der Waals surface area contributed by atoms with Crippen molar-refractivity contribution >= 4 is 43.2 Å². The van der Waals surface area contributed by atoms with Gasteiger partial charge in [-0.15, -0.1) is 11.3 Å². The number of nitrogens with one attached hydrogen (secondary N) is 1. The third kappa shape index (κ3) is 4.06. The second-order valence-corrected chi connectivity index (χ2v) is 12.0. The van der Waals surface area contributed by atoms with Crippen LogP contribution < -0.4 is 5.32 Å². The largest absolute Gasteiger partial charge is 0.349 e. The number of benzene rings is 1. The monoisotopic (exact) mass is 482 g/mol. The molecule has 1 N–H and O–H groups in total. The molecular formula is C20H23BrN2O3S2. The molecule has 1 saturated heterocycles. The van der Waals surface area contributed by atoms with Crippen molar-refractivity contribution in [3.05, 3.63) is 51.3 Å². The summed E-state index contributed by atoms with van der Waals surface area (Å²) in [5.41, 5.74) is 2.50. The second kappa shape index (κ2) is 8.26. The number of carbonyl (C=O) groups is 1. The second-order valence-electron chi connectivity index (χ2n) is 7.41. The molecule has 0 radical (unpaired) electrons. The number of fused-ring (bicyclic) bond motifs is 1. The number of rotatable bonds is 4. The molecule has 150 valence electrons.